The highest BCUT2D eigenvalue weighted by Crippen LogP contribution is 2.74. The number of aliphatic hydroxyl groups excluding tert-OH is 12. The molecule has 0 aromatic heterocycles. The normalized spacial score (nSPS) is 49.8. The lowest BCUT2D eigenvalue weighted by atomic mass is 9.41. The van der Waals surface area contributed by atoms with E-state index in [2.05, 4.69) is 18.8 Å². The fraction of sp³-hybridized carbons (Fsp3) is 0.918. The first-order valence-electron chi connectivity index (χ1n) is 26.2. The summed E-state index contributed by atoms with van der Waals surface area (Å²) in [6, 6.07) is -1.47. The summed E-state index contributed by atoms with van der Waals surface area (Å²) in [4.78, 5) is 43.0. The third kappa shape index (κ3) is 10.8. The molecule has 76 heavy (non-hydrogen) atoms. The van der Waals surface area contributed by atoms with Gasteiger partial charge in [0.25, 0.3) is 0 Å². The van der Waals surface area contributed by atoms with Crippen molar-refractivity contribution < 1.29 is 129 Å². The minimum absolute atomic E-state index is 0.0223. The Balaban J connectivity index is 1.03. The van der Waals surface area contributed by atoms with Gasteiger partial charge in [-0.15, -0.1) is 0 Å². The Morgan fingerprint density at radius 3 is 1.87 bits per heavy atom. The van der Waals surface area contributed by atoms with Gasteiger partial charge in [0.2, 0.25) is 12.2 Å². The summed E-state index contributed by atoms with van der Waals surface area (Å²) in [5, 5.41) is 139. The van der Waals surface area contributed by atoms with Crippen LogP contribution >= 0.6 is 0 Å². The zero-order valence-electron chi connectivity index (χ0n) is 43.0. The molecule has 4 saturated carbocycles. The highest BCUT2D eigenvalue weighted by Gasteiger charge is 2.70. The summed E-state index contributed by atoms with van der Waals surface area (Å²) < 4.78 is 49.1. The van der Waals surface area contributed by atoms with E-state index in [1.54, 1.807) is 0 Å². The van der Waals surface area contributed by atoms with Crippen molar-refractivity contribution in [2.75, 3.05) is 33.0 Å². The highest BCUT2D eigenvalue weighted by molar-refractivity contribution is 5.77. The van der Waals surface area contributed by atoms with Crippen LogP contribution in [-0.4, -0.2) is 246 Å². The van der Waals surface area contributed by atoms with Crippen LogP contribution in [0.2, 0.25) is 0 Å². The van der Waals surface area contributed by atoms with E-state index in [1.807, 2.05) is 6.92 Å². The molecule has 4 saturated heterocycles. The van der Waals surface area contributed by atoms with E-state index in [1.165, 1.54) is 6.92 Å². The molecule has 8 aliphatic rings. The number of hydrogen-bond donors (Lipinski definition) is 14. The molecule has 0 aromatic rings. The number of amides is 1. The molecule has 2 bridgehead atoms. The third-order valence-corrected chi connectivity index (χ3v) is 18.1. The van der Waals surface area contributed by atoms with Gasteiger partial charge in [0.1, 0.15) is 85.4 Å². The van der Waals surface area contributed by atoms with Crippen LogP contribution < -0.4 is 5.32 Å². The second-order valence-electron chi connectivity index (χ2n) is 22.8. The molecule has 22 unspecified atom stereocenters. The quantitative estimate of drug-likeness (QED) is 0.0204. The molecule has 14 N–H and O–H groups in total. The van der Waals surface area contributed by atoms with Gasteiger partial charge in [-0.05, 0) is 93.5 Å². The number of rotatable bonds is 18. The van der Waals surface area contributed by atoms with Crippen molar-refractivity contribution in [1.82, 2.24) is 5.32 Å². The molecule has 27 atom stereocenters. The fourth-order valence-corrected chi connectivity index (χ4v) is 14.3. The standard InChI is InChI=1S/C49H79NO26/c1-20-13-48-11-7-27-46(4,9-6-10-47(27,5)45(64)72-43-38(35(62)32(59)25(17-54)68-43)70-41-29(50-22(3)56)33(60)30(57)23(15-52)66-41)28(48)8-12-49(20,19-48)73-44-40(71-42-36(63)34(61)31(58)24(16-53)67-42)39(74-65)37(26(18-55)69-44)76-75-21(2)14-51/h21,23-44,51-55,57-63,65H,1,6-19H2,2-5H3,(H,50,56)/t21?,23?,24?,25?,26?,27?,28-,29?,30?,31?,32?,33?,34?,35?,36?,37?,38?,39?,40?,41?,42?,43?,44?,46+,47+,48+,49-/m0/s1. The zero-order valence-corrected chi connectivity index (χ0v) is 43.0. The monoisotopic (exact) mass is 1100 g/mol. The van der Waals surface area contributed by atoms with Gasteiger partial charge >= 0.3 is 5.97 Å². The maximum absolute atomic E-state index is 15.0. The second-order valence-corrected chi connectivity index (χ2v) is 22.8. The molecule has 1 spiro atoms. The van der Waals surface area contributed by atoms with Gasteiger partial charge in [-0.2, -0.15) is 0 Å². The molecule has 436 valence electrons. The number of hydrogen-bond acceptors (Lipinski definition) is 26. The number of aliphatic hydroxyl groups is 12. The van der Waals surface area contributed by atoms with Crippen molar-refractivity contribution in [3.05, 3.63) is 12.2 Å². The molecular formula is C49H79NO26. The number of esters is 1. The summed E-state index contributed by atoms with van der Waals surface area (Å²) in [5.74, 6) is -1.69. The summed E-state index contributed by atoms with van der Waals surface area (Å²) in [6.45, 7) is 7.55. The van der Waals surface area contributed by atoms with Crippen LogP contribution in [0.5, 0.6) is 0 Å². The SMILES string of the molecule is C=C1C[C@@]23CCC4[C@](C)(C(=O)OC5OC(CO)C(O)C(O)C5OC5OC(CO)C(O)C(O)C5NC(C)=O)CCC[C@@]4(C)[C@@H]2CC[C@]1(OC1OC(CO)C(OOC(C)CO)C(OO)C1OC1OC(CO)C(O)C(O)C1O)C3. The van der Waals surface area contributed by atoms with Crippen molar-refractivity contribution >= 4 is 11.9 Å². The summed E-state index contributed by atoms with van der Waals surface area (Å²) >= 11 is 0. The van der Waals surface area contributed by atoms with Crippen LogP contribution in [0.25, 0.3) is 0 Å². The van der Waals surface area contributed by atoms with Crippen LogP contribution in [-0.2, 0) is 62.1 Å². The maximum atomic E-state index is 15.0. The predicted molar refractivity (Wildman–Crippen MR) is 249 cm³/mol. The van der Waals surface area contributed by atoms with E-state index in [0.717, 1.165) is 13.3 Å². The summed E-state index contributed by atoms with van der Waals surface area (Å²) in [7, 11) is 0. The first-order chi connectivity index (χ1) is 36.0. The van der Waals surface area contributed by atoms with Crippen LogP contribution in [0.3, 0.4) is 0 Å². The average Bonchev–Trinajstić information content (AvgIpc) is 3.73. The topological polar surface area (TPSA) is 411 Å². The van der Waals surface area contributed by atoms with Gasteiger partial charge in [-0.3, -0.25) is 14.8 Å². The largest absolute Gasteiger partial charge is 0.432 e. The van der Waals surface area contributed by atoms with E-state index < -0.39 is 196 Å². The van der Waals surface area contributed by atoms with Crippen molar-refractivity contribution in [2.45, 2.75) is 220 Å². The Kier molecular flexibility index (Phi) is 18.7. The summed E-state index contributed by atoms with van der Waals surface area (Å²) in [6.07, 6.45) is -27.6. The number of nitrogens with one attached hydrogen (secondary N) is 1. The molecule has 27 nitrogen and oxygen atoms in total. The Morgan fingerprint density at radius 2 is 1.25 bits per heavy atom. The molecular weight excluding hydrogens is 1020 g/mol. The lowest BCUT2D eigenvalue weighted by Crippen LogP contribution is -2.68. The number of carbonyl (C=O) groups excluding carboxylic acids is 2. The third-order valence-electron chi connectivity index (χ3n) is 18.1. The van der Waals surface area contributed by atoms with E-state index in [0.29, 0.717) is 56.9 Å². The fourth-order valence-electron chi connectivity index (χ4n) is 14.3. The molecule has 8 fully saturated rings. The zero-order chi connectivity index (χ0) is 55.4. The van der Waals surface area contributed by atoms with Crippen LogP contribution in [0.15, 0.2) is 12.2 Å². The molecule has 0 aromatic carbocycles. The van der Waals surface area contributed by atoms with E-state index in [-0.39, 0.29) is 11.8 Å². The lowest BCUT2D eigenvalue weighted by Gasteiger charge is -2.64. The molecule has 4 aliphatic carbocycles. The van der Waals surface area contributed by atoms with E-state index in [9.17, 15) is 76.1 Å². The van der Waals surface area contributed by atoms with Gasteiger partial charge < -0.3 is 104 Å². The first-order valence-corrected chi connectivity index (χ1v) is 26.2. The molecule has 8 rings (SSSR count). The van der Waals surface area contributed by atoms with Crippen molar-refractivity contribution in [3.63, 3.8) is 0 Å². The van der Waals surface area contributed by atoms with Crippen LogP contribution in [0.4, 0.5) is 0 Å². The van der Waals surface area contributed by atoms with Gasteiger partial charge in [-0.1, -0.05) is 19.9 Å². The van der Waals surface area contributed by atoms with Crippen LogP contribution in [0.1, 0.15) is 85.5 Å². The first kappa shape index (κ1) is 59.9. The Bertz CT molecular complexity index is 2010. The number of carbonyl (C=O) groups is 2. The van der Waals surface area contributed by atoms with Gasteiger partial charge in [-0.25, -0.2) is 14.7 Å². The Hall–Kier alpha value is -2.24. The van der Waals surface area contributed by atoms with Crippen molar-refractivity contribution in [1.29, 1.82) is 0 Å². The molecule has 1 amide bonds. The predicted octanol–water partition coefficient (Wildman–Crippen LogP) is -4.14. The molecule has 4 aliphatic heterocycles. The van der Waals surface area contributed by atoms with Crippen molar-refractivity contribution in [3.8, 4) is 0 Å². The van der Waals surface area contributed by atoms with Gasteiger partial charge in [0, 0.05) is 6.92 Å². The Morgan fingerprint density at radius 1 is 0.671 bits per heavy atom. The van der Waals surface area contributed by atoms with Crippen LogP contribution in [0, 0.1) is 28.1 Å². The van der Waals surface area contributed by atoms with E-state index in [4.69, 9.17) is 52.6 Å². The number of fused-ring (bicyclic) bond motifs is 3. The average molecular weight is 1100 g/mol. The number of ether oxygens (including phenoxy) is 8. The van der Waals surface area contributed by atoms with Gasteiger partial charge in [0.05, 0.1) is 44.1 Å². The molecule has 4 heterocycles. The minimum atomic E-state index is -1.90. The lowest BCUT2D eigenvalue weighted by molar-refractivity contribution is -0.459. The second kappa shape index (κ2) is 23.7. The van der Waals surface area contributed by atoms with Gasteiger partial charge in [0.15, 0.2) is 37.2 Å². The summed E-state index contributed by atoms with van der Waals surface area (Å²) in [5.41, 5.74) is -2.54. The van der Waals surface area contributed by atoms with Crippen molar-refractivity contribution in [2.24, 2.45) is 28.1 Å². The molecule has 27 heteroatoms. The smallest absolute Gasteiger partial charge is 0.314 e. The maximum Gasteiger partial charge on any atom is 0.314 e. The van der Waals surface area contributed by atoms with E-state index >= 15 is 0 Å². The highest BCUT2D eigenvalue weighted by atomic mass is 17.2. The molecule has 0 radical (unpaired) electrons. The Labute approximate surface area is 438 Å². The minimum Gasteiger partial charge on any atom is -0.432 e.